The normalized spacial score (nSPS) is 12.4. The Morgan fingerprint density at radius 3 is 2.77 bits per heavy atom. The third kappa shape index (κ3) is 9.54. The second-order valence-electron chi connectivity index (χ2n) is 3.07. The molecule has 0 aromatic rings. The number of hydrogen-bond donors (Lipinski definition) is 2. The van der Waals surface area contributed by atoms with Gasteiger partial charge in [-0.05, 0) is 24.7 Å². The lowest BCUT2D eigenvalue weighted by Crippen LogP contribution is -2.04. The van der Waals surface area contributed by atoms with Gasteiger partial charge < -0.3 is 5.32 Å². The molecule has 13 heavy (non-hydrogen) atoms. The van der Waals surface area contributed by atoms with Crippen molar-refractivity contribution in [2.24, 2.45) is 0 Å². The SMILES string of the molecule is C/C=C\CN/C=C(\S)CCCCC. The van der Waals surface area contributed by atoms with E-state index in [0.717, 1.165) is 17.9 Å². The van der Waals surface area contributed by atoms with Crippen LogP contribution in [-0.2, 0) is 0 Å². The maximum absolute atomic E-state index is 4.38. The summed E-state index contributed by atoms with van der Waals surface area (Å²) in [6, 6.07) is 0. The Hall–Kier alpha value is -0.370. The van der Waals surface area contributed by atoms with Gasteiger partial charge in [0.2, 0.25) is 0 Å². The van der Waals surface area contributed by atoms with Crippen LogP contribution in [0.1, 0.15) is 39.5 Å². The van der Waals surface area contributed by atoms with Crippen LogP contribution >= 0.6 is 12.6 Å². The minimum Gasteiger partial charge on any atom is -0.387 e. The Labute approximate surface area is 87.7 Å². The van der Waals surface area contributed by atoms with Gasteiger partial charge >= 0.3 is 0 Å². The molecule has 0 heterocycles. The maximum atomic E-state index is 4.38. The molecule has 0 fully saturated rings. The van der Waals surface area contributed by atoms with Gasteiger partial charge in [-0.15, -0.1) is 12.6 Å². The molecule has 0 radical (unpaired) electrons. The molecule has 0 aliphatic rings. The quantitative estimate of drug-likeness (QED) is 0.363. The van der Waals surface area contributed by atoms with Gasteiger partial charge in [-0.3, -0.25) is 0 Å². The van der Waals surface area contributed by atoms with Crippen molar-refractivity contribution in [2.75, 3.05) is 6.54 Å². The number of allylic oxidation sites excluding steroid dienone is 2. The van der Waals surface area contributed by atoms with Crippen molar-refractivity contribution in [1.29, 1.82) is 0 Å². The molecule has 0 aliphatic carbocycles. The number of hydrogen-bond acceptors (Lipinski definition) is 2. The van der Waals surface area contributed by atoms with Gasteiger partial charge in [0.15, 0.2) is 0 Å². The summed E-state index contributed by atoms with van der Waals surface area (Å²) in [5.41, 5.74) is 0. The van der Waals surface area contributed by atoms with Crippen molar-refractivity contribution in [2.45, 2.75) is 39.5 Å². The minimum atomic E-state index is 0.897. The Balaban J connectivity index is 3.39. The molecular weight excluding hydrogens is 178 g/mol. The van der Waals surface area contributed by atoms with Crippen LogP contribution in [0.25, 0.3) is 0 Å². The summed E-state index contributed by atoms with van der Waals surface area (Å²) < 4.78 is 0. The largest absolute Gasteiger partial charge is 0.387 e. The number of unbranched alkanes of at least 4 members (excludes halogenated alkanes) is 2. The summed E-state index contributed by atoms with van der Waals surface area (Å²) in [4.78, 5) is 1.15. The van der Waals surface area contributed by atoms with Crippen LogP contribution in [-0.4, -0.2) is 6.54 Å². The topological polar surface area (TPSA) is 12.0 Å². The fourth-order valence-electron chi connectivity index (χ4n) is 0.991. The average Bonchev–Trinajstić information content (AvgIpc) is 2.13. The van der Waals surface area contributed by atoms with E-state index in [9.17, 15) is 0 Å². The van der Waals surface area contributed by atoms with Crippen LogP contribution in [0.5, 0.6) is 0 Å². The van der Waals surface area contributed by atoms with Crippen molar-refractivity contribution in [3.63, 3.8) is 0 Å². The van der Waals surface area contributed by atoms with E-state index in [0.29, 0.717) is 0 Å². The second kappa shape index (κ2) is 9.72. The first-order valence-corrected chi connectivity index (χ1v) is 5.48. The Kier molecular flexibility index (Phi) is 9.44. The fourth-order valence-corrected chi connectivity index (χ4v) is 1.24. The van der Waals surface area contributed by atoms with Crippen LogP contribution in [0.2, 0.25) is 0 Å². The number of rotatable bonds is 7. The maximum Gasteiger partial charge on any atom is 0.0325 e. The van der Waals surface area contributed by atoms with E-state index in [1.807, 2.05) is 19.2 Å². The zero-order chi connectivity index (χ0) is 9.94. The number of thiol groups is 1. The highest BCUT2D eigenvalue weighted by atomic mass is 32.1. The van der Waals surface area contributed by atoms with E-state index in [1.54, 1.807) is 0 Å². The average molecular weight is 199 g/mol. The molecule has 0 amide bonds. The van der Waals surface area contributed by atoms with Crippen LogP contribution in [0.3, 0.4) is 0 Å². The molecular formula is C11H21NS. The molecule has 0 aliphatic heterocycles. The predicted octanol–water partition coefficient (Wildman–Crippen LogP) is 3.50. The van der Waals surface area contributed by atoms with Gasteiger partial charge in [0, 0.05) is 12.7 Å². The molecule has 1 nitrogen and oxygen atoms in total. The smallest absolute Gasteiger partial charge is 0.0325 e. The highest BCUT2D eigenvalue weighted by Gasteiger charge is 1.89. The molecule has 0 aromatic carbocycles. The Bertz CT molecular complexity index is 161. The summed E-state index contributed by atoms with van der Waals surface area (Å²) in [7, 11) is 0. The van der Waals surface area contributed by atoms with E-state index in [4.69, 9.17) is 0 Å². The Morgan fingerprint density at radius 1 is 1.38 bits per heavy atom. The molecule has 0 bridgehead atoms. The predicted molar refractivity (Wildman–Crippen MR) is 64.0 cm³/mol. The monoisotopic (exact) mass is 199 g/mol. The molecule has 0 unspecified atom stereocenters. The van der Waals surface area contributed by atoms with Gasteiger partial charge in [-0.2, -0.15) is 0 Å². The van der Waals surface area contributed by atoms with Crippen molar-refractivity contribution >= 4 is 12.6 Å². The highest BCUT2D eigenvalue weighted by Crippen LogP contribution is 2.10. The first-order chi connectivity index (χ1) is 6.31. The molecule has 0 saturated heterocycles. The summed E-state index contributed by atoms with van der Waals surface area (Å²) in [5, 5.41) is 3.19. The van der Waals surface area contributed by atoms with Gasteiger partial charge in [-0.1, -0.05) is 31.9 Å². The van der Waals surface area contributed by atoms with Gasteiger partial charge in [-0.25, -0.2) is 0 Å². The molecule has 0 atom stereocenters. The van der Waals surface area contributed by atoms with E-state index in [-0.39, 0.29) is 0 Å². The number of nitrogens with one attached hydrogen (secondary N) is 1. The van der Waals surface area contributed by atoms with Crippen LogP contribution in [0.15, 0.2) is 23.3 Å². The van der Waals surface area contributed by atoms with Crippen molar-refractivity contribution in [1.82, 2.24) is 5.32 Å². The molecule has 0 aromatic heterocycles. The molecule has 0 spiro atoms. The highest BCUT2D eigenvalue weighted by molar-refractivity contribution is 7.84. The lowest BCUT2D eigenvalue weighted by Gasteiger charge is -2.00. The summed E-state index contributed by atoms with van der Waals surface area (Å²) in [5.74, 6) is 0. The molecule has 0 rings (SSSR count). The zero-order valence-electron chi connectivity index (χ0n) is 8.71. The Morgan fingerprint density at radius 2 is 2.15 bits per heavy atom. The third-order valence-electron chi connectivity index (χ3n) is 1.78. The minimum absolute atomic E-state index is 0.897. The summed E-state index contributed by atoms with van der Waals surface area (Å²) in [6.07, 6.45) is 11.0. The lowest BCUT2D eigenvalue weighted by atomic mass is 10.2. The second-order valence-corrected chi connectivity index (χ2v) is 3.64. The fraction of sp³-hybridized carbons (Fsp3) is 0.636. The van der Waals surface area contributed by atoms with Crippen LogP contribution in [0, 0.1) is 0 Å². The molecule has 76 valence electrons. The van der Waals surface area contributed by atoms with E-state index < -0.39 is 0 Å². The van der Waals surface area contributed by atoms with Crippen molar-refractivity contribution in [3.05, 3.63) is 23.3 Å². The lowest BCUT2D eigenvalue weighted by molar-refractivity contribution is 0.723. The van der Waals surface area contributed by atoms with E-state index in [2.05, 4.69) is 30.9 Å². The van der Waals surface area contributed by atoms with Crippen molar-refractivity contribution < 1.29 is 0 Å². The van der Waals surface area contributed by atoms with Crippen LogP contribution < -0.4 is 5.32 Å². The first kappa shape index (κ1) is 12.6. The molecule has 1 N–H and O–H groups in total. The summed E-state index contributed by atoms with van der Waals surface area (Å²) >= 11 is 4.38. The third-order valence-corrected chi connectivity index (χ3v) is 2.13. The zero-order valence-corrected chi connectivity index (χ0v) is 9.61. The van der Waals surface area contributed by atoms with Crippen molar-refractivity contribution in [3.8, 4) is 0 Å². The van der Waals surface area contributed by atoms with Gasteiger partial charge in [0.05, 0.1) is 0 Å². The van der Waals surface area contributed by atoms with E-state index in [1.165, 1.54) is 19.3 Å². The molecule has 0 saturated carbocycles. The van der Waals surface area contributed by atoms with E-state index >= 15 is 0 Å². The van der Waals surface area contributed by atoms with Gasteiger partial charge in [0.1, 0.15) is 0 Å². The van der Waals surface area contributed by atoms with Gasteiger partial charge in [0.25, 0.3) is 0 Å². The summed E-state index contributed by atoms with van der Waals surface area (Å²) in [6.45, 7) is 5.13. The molecule has 2 heteroatoms. The first-order valence-electron chi connectivity index (χ1n) is 5.03. The van der Waals surface area contributed by atoms with Crippen LogP contribution in [0.4, 0.5) is 0 Å². The standard InChI is InChI=1S/C11H21NS/c1-3-5-7-8-11(13)10-12-9-6-4-2/h4,6,10,12-13H,3,5,7-9H2,1-2H3/b6-4-,11-10-.